The zero-order chi connectivity index (χ0) is 13.8. The molecule has 0 amide bonds. The van der Waals surface area contributed by atoms with Gasteiger partial charge in [0.2, 0.25) is 10.9 Å². The molecular formula is C11H10BrF2N3OS. The first-order valence-electron chi connectivity index (χ1n) is 5.43. The first kappa shape index (κ1) is 14.1. The molecule has 0 aliphatic heterocycles. The van der Waals surface area contributed by atoms with Crippen LogP contribution < -0.4 is 10.1 Å². The Labute approximate surface area is 120 Å². The lowest BCUT2D eigenvalue weighted by Crippen LogP contribution is -1.99. The summed E-state index contributed by atoms with van der Waals surface area (Å²) in [4.78, 5) is 0. The average Bonchev–Trinajstić information content (AvgIpc) is 2.80. The molecule has 0 aliphatic carbocycles. The minimum absolute atomic E-state index is 0.0376. The van der Waals surface area contributed by atoms with E-state index in [2.05, 4.69) is 31.4 Å². The smallest absolute Gasteiger partial charge is 0.205 e. The number of halogens is 3. The Balaban J connectivity index is 2.05. The van der Waals surface area contributed by atoms with Gasteiger partial charge in [0.25, 0.3) is 0 Å². The zero-order valence-corrected chi connectivity index (χ0v) is 12.3. The van der Waals surface area contributed by atoms with Gasteiger partial charge in [0, 0.05) is 11.0 Å². The van der Waals surface area contributed by atoms with Crippen LogP contribution in [0.25, 0.3) is 0 Å². The van der Waals surface area contributed by atoms with Crippen molar-refractivity contribution in [1.82, 2.24) is 10.2 Å². The van der Waals surface area contributed by atoms with Crippen LogP contribution in [0.5, 0.6) is 5.75 Å². The van der Waals surface area contributed by atoms with E-state index in [9.17, 15) is 8.78 Å². The summed E-state index contributed by atoms with van der Waals surface area (Å²) in [5.41, 5.74) is 0. The topological polar surface area (TPSA) is 47.0 Å². The van der Waals surface area contributed by atoms with Gasteiger partial charge in [0.05, 0.1) is 0 Å². The predicted molar refractivity (Wildman–Crippen MR) is 72.5 cm³/mol. The van der Waals surface area contributed by atoms with Crippen LogP contribution >= 0.6 is 27.3 Å². The summed E-state index contributed by atoms with van der Waals surface area (Å²) in [5, 5.41) is 12.0. The second-order valence-corrected chi connectivity index (χ2v) is 5.50. The molecule has 0 saturated heterocycles. The molecule has 0 fully saturated rings. The number of anilines is 1. The van der Waals surface area contributed by atoms with Crippen molar-refractivity contribution >= 4 is 32.4 Å². The third-order valence-electron chi connectivity index (χ3n) is 2.11. The van der Waals surface area contributed by atoms with E-state index < -0.39 is 11.6 Å². The summed E-state index contributed by atoms with van der Waals surface area (Å²) in [7, 11) is 0. The lowest BCUT2D eigenvalue weighted by atomic mass is 10.3. The van der Waals surface area contributed by atoms with Gasteiger partial charge in [0.1, 0.15) is 6.61 Å². The Morgan fingerprint density at radius 3 is 2.89 bits per heavy atom. The number of hydrogen-bond donors (Lipinski definition) is 1. The summed E-state index contributed by atoms with van der Waals surface area (Å²) in [6.07, 6.45) is 0. The van der Waals surface area contributed by atoms with Crippen molar-refractivity contribution in [1.29, 1.82) is 0 Å². The molecule has 2 rings (SSSR count). The molecule has 0 saturated carbocycles. The minimum atomic E-state index is -1.01. The fourth-order valence-corrected chi connectivity index (χ4v) is 2.44. The van der Waals surface area contributed by atoms with Crippen LogP contribution in [-0.4, -0.2) is 16.7 Å². The van der Waals surface area contributed by atoms with E-state index in [0.717, 1.165) is 12.6 Å². The molecule has 0 bridgehead atoms. The number of ether oxygens (including phenoxy) is 1. The number of nitrogens with one attached hydrogen (secondary N) is 1. The normalized spacial score (nSPS) is 10.5. The maximum atomic E-state index is 13.4. The second kappa shape index (κ2) is 6.25. The maximum absolute atomic E-state index is 13.4. The van der Waals surface area contributed by atoms with Gasteiger partial charge < -0.3 is 10.1 Å². The van der Waals surface area contributed by atoms with E-state index in [-0.39, 0.29) is 12.4 Å². The van der Waals surface area contributed by atoms with Crippen LogP contribution in [-0.2, 0) is 6.61 Å². The third kappa shape index (κ3) is 3.60. The highest BCUT2D eigenvalue weighted by atomic mass is 79.9. The highest BCUT2D eigenvalue weighted by Crippen LogP contribution is 2.26. The van der Waals surface area contributed by atoms with E-state index in [4.69, 9.17) is 4.74 Å². The molecular weight excluding hydrogens is 340 g/mol. The monoisotopic (exact) mass is 349 g/mol. The van der Waals surface area contributed by atoms with Gasteiger partial charge in [-0.3, -0.25) is 0 Å². The van der Waals surface area contributed by atoms with Crippen molar-refractivity contribution in [3.05, 3.63) is 33.2 Å². The second-order valence-electron chi connectivity index (χ2n) is 3.52. The Morgan fingerprint density at radius 1 is 1.37 bits per heavy atom. The average molecular weight is 350 g/mol. The molecule has 1 aromatic heterocycles. The largest absolute Gasteiger partial charge is 0.483 e. The maximum Gasteiger partial charge on any atom is 0.205 e. The lowest BCUT2D eigenvalue weighted by molar-refractivity contribution is 0.283. The van der Waals surface area contributed by atoms with Crippen molar-refractivity contribution < 1.29 is 13.5 Å². The zero-order valence-electron chi connectivity index (χ0n) is 9.91. The van der Waals surface area contributed by atoms with E-state index >= 15 is 0 Å². The molecule has 0 spiro atoms. The van der Waals surface area contributed by atoms with Crippen molar-refractivity contribution in [2.75, 3.05) is 11.9 Å². The van der Waals surface area contributed by atoms with Gasteiger partial charge in [0.15, 0.2) is 16.6 Å². The molecule has 0 atom stereocenters. The molecule has 1 N–H and O–H groups in total. The SMILES string of the molecule is CCNc1nnc(COc2cc(Br)cc(F)c2F)s1. The summed E-state index contributed by atoms with van der Waals surface area (Å²) in [6, 6.07) is 2.40. The van der Waals surface area contributed by atoms with Crippen LogP contribution in [0, 0.1) is 11.6 Å². The molecule has 1 aromatic carbocycles. The van der Waals surface area contributed by atoms with Crippen LogP contribution in [0.2, 0.25) is 0 Å². The van der Waals surface area contributed by atoms with Crippen molar-refractivity contribution in [3.8, 4) is 5.75 Å². The highest BCUT2D eigenvalue weighted by Gasteiger charge is 2.12. The van der Waals surface area contributed by atoms with Gasteiger partial charge in [-0.25, -0.2) is 4.39 Å². The van der Waals surface area contributed by atoms with Gasteiger partial charge in [-0.2, -0.15) is 4.39 Å². The first-order valence-corrected chi connectivity index (χ1v) is 7.04. The number of nitrogens with zero attached hydrogens (tertiary/aromatic N) is 2. The van der Waals surface area contributed by atoms with Crippen LogP contribution in [0.1, 0.15) is 11.9 Å². The Kier molecular flexibility index (Phi) is 4.65. The first-order chi connectivity index (χ1) is 9.10. The van der Waals surface area contributed by atoms with Crippen molar-refractivity contribution in [3.63, 3.8) is 0 Å². The van der Waals surface area contributed by atoms with Crippen LogP contribution in [0.4, 0.5) is 13.9 Å². The van der Waals surface area contributed by atoms with E-state index in [1.807, 2.05) is 6.92 Å². The molecule has 1 heterocycles. The van der Waals surface area contributed by atoms with Gasteiger partial charge in [-0.15, -0.1) is 10.2 Å². The quantitative estimate of drug-likeness (QED) is 0.838. The summed E-state index contributed by atoms with van der Waals surface area (Å²) < 4.78 is 32.2. The summed E-state index contributed by atoms with van der Waals surface area (Å²) in [5.74, 6) is -2.14. The standard InChI is InChI=1S/C11H10BrF2N3OS/c1-2-15-11-17-16-9(19-11)5-18-8-4-6(12)3-7(13)10(8)14/h3-4H,2,5H2,1H3,(H,15,17). The minimum Gasteiger partial charge on any atom is -0.483 e. The van der Waals surface area contributed by atoms with Gasteiger partial charge >= 0.3 is 0 Å². The molecule has 102 valence electrons. The molecule has 2 aromatic rings. The Bertz CT molecular complexity index is 579. The summed E-state index contributed by atoms with van der Waals surface area (Å²) in [6.45, 7) is 2.72. The van der Waals surface area contributed by atoms with Crippen LogP contribution in [0.3, 0.4) is 0 Å². The molecule has 4 nitrogen and oxygen atoms in total. The fourth-order valence-electron chi connectivity index (χ4n) is 1.31. The molecule has 0 aliphatic rings. The Morgan fingerprint density at radius 2 is 2.16 bits per heavy atom. The fraction of sp³-hybridized carbons (Fsp3) is 0.273. The molecule has 19 heavy (non-hydrogen) atoms. The van der Waals surface area contributed by atoms with Crippen molar-refractivity contribution in [2.45, 2.75) is 13.5 Å². The third-order valence-corrected chi connectivity index (χ3v) is 3.42. The molecule has 8 heteroatoms. The number of rotatable bonds is 5. The van der Waals surface area contributed by atoms with Gasteiger partial charge in [-0.05, 0) is 19.1 Å². The van der Waals surface area contributed by atoms with E-state index in [1.54, 1.807) is 0 Å². The van der Waals surface area contributed by atoms with Crippen molar-refractivity contribution in [2.24, 2.45) is 0 Å². The number of hydrogen-bond acceptors (Lipinski definition) is 5. The predicted octanol–water partition coefficient (Wildman–Crippen LogP) is 3.59. The highest BCUT2D eigenvalue weighted by molar-refractivity contribution is 9.10. The molecule has 0 unspecified atom stereocenters. The summed E-state index contributed by atoms with van der Waals surface area (Å²) >= 11 is 4.38. The molecule has 0 radical (unpaired) electrons. The van der Waals surface area contributed by atoms with E-state index in [1.165, 1.54) is 17.4 Å². The Hall–Kier alpha value is -1.28. The number of benzene rings is 1. The lowest BCUT2D eigenvalue weighted by Gasteiger charge is -2.06. The van der Waals surface area contributed by atoms with E-state index in [0.29, 0.717) is 14.6 Å². The number of aromatic nitrogens is 2. The van der Waals surface area contributed by atoms with Gasteiger partial charge in [-0.1, -0.05) is 27.3 Å². The van der Waals surface area contributed by atoms with Crippen LogP contribution in [0.15, 0.2) is 16.6 Å².